The predicted octanol–water partition coefficient (Wildman–Crippen LogP) is -9.68. The number of nitrogens with zero attached hydrogens (tertiary/aromatic N) is 7. The van der Waals surface area contributed by atoms with Crippen molar-refractivity contribution in [1.29, 1.82) is 0 Å². The standard InChI is InChI=1S/C27H33N9O15P2.2Na/c1-10-3-12-13(4-11(10)2)35(24-18(32-12)25(42)34-27(43)33-24)5-14(37)19(39)15(38)6-48-52(44,45)51-53(46,47)49-7-16-20(40)21(41)26(50-16)36-9-31-17-22(28)29-8-30-23(17)36;;/h3-4,8-9,14-16,19-21,26,37-41H,5-7H2,1-2H3,(H,44,45)(H,46,47)(H2,28,29,30)(H,34,42,43);;/q;2*+1/p-2/t14-,15+,16+,19+,20+,21+,26+;;/m0../s1. The number of aryl methyl sites for hydroxylation is 2. The number of aromatic nitrogens is 8. The van der Waals surface area contributed by atoms with E-state index in [4.69, 9.17) is 10.5 Å². The predicted molar refractivity (Wildman–Crippen MR) is 172 cm³/mol. The molecule has 5 heterocycles. The molecule has 2 aromatic heterocycles. The van der Waals surface area contributed by atoms with Gasteiger partial charge in [-0.15, -0.1) is 0 Å². The fourth-order valence-electron chi connectivity index (χ4n) is 5.54. The summed E-state index contributed by atoms with van der Waals surface area (Å²) in [5, 5.41) is 52.9. The number of hydrogen-bond acceptors (Lipinski definition) is 21. The number of ether oxygens (including phenoxy) is 1. The topological polar surface area (TPSA) is 369 Å². The zero-order valence-electron chi connectivity index (χ0n) is 29.4. The van der Waals surface area contributed by atoms with Gasteiger partial charge in [0.05, 0.1) is 37.1 Å². The van der Waals surface area contributed by atoms with Crippen molar-refractivity contribution in [3.63, 3.8) is 0 Å². The van der Waals surface area contributed by atoms with E-state index in [0.29, 0.717) is 0 Å². The number of nitrogens with one attached hydrogen (secondary N) is 1. The first-order chi connectivity index (χ1) is 24.9. The maximum absolute atomic E-state index is 12.5. The Hall–Kier alpha value is -2.13. The number of rotatable bonds is 13. The van der Waals surface area contributed by atoms with Crippen LogP contribution in [0.2, 0.25) is 0 Å². The molecule has 0 radical (unpaired) electrons. The summed E-state index contributed by atoms with van der Waals surface area (Å²) in [7, 11) is -11.6. The van der Waals surface area contributed by atoms with E-state index in [2.05, 4.69) is 38.3 Å². The van der Waals surface area contributed by atoms with Gasteiger partial charge in [-0.25, -0.2) is 29.0 Å². The number of nitrogen functional groups attached to an aromatic ring is 1. The molecule has 28 heteroatoms. The molecule has 3 aromatic rings. The maximum Gasteiger partial charge on any atom is 1.00 e. The Kier molecular flexibility index (Phi) is 14.7. The van der Waals surface area contributed by atoms with Crippen LogP contribution in [0.3, 0.4) is 0 Å². The van der Waals surface area contributed by atoms with Crippen molar-refractivity contribution in [2.45, 2.75) is 63.2 Å². The van der Waals surface area contributed by atoms with Crippen LogP contribution in [0.4, 0.5) is 5.82 Å². The third kappa shape index (κ3) is 9.78. The van der Waals surface area contributed by atoms with Gasteiger partial charge in [0.1, 0.15) is 48.5 Å². The van der Waals surface area contributed by atoms with E-state index in [1.807, 2.05) is 4.98 Å². The van der Waals surface area contributed by atoms with Crippen molar-refractivity contribution < 1.29 is 122 Å². The number of anilines is 1. The first-order valence-electron chi connectivity index (χ1n) is 15.4. The Morgan fingerprint density at radius 3 is 2.36 bits per heavy atom. The molecule has 3 aliphatic heterocycles. The van der Waals surface area contributed by atoms with Crippen LogP contribution in [-0.2, 0) is 33.8 Å². The second-order valence-electron chi connectivity index (χ2n) is 12.0. The molecule has 2 unspecified atom stereocenters. The number of benzene rings is 1. The van der Waals surface area contributed by atoms with Crippen molar-refractivity contribution in [2.24, 2.45) is 0 Å². The van der Waals surface area contributed by atoms with Crippen LogP contribution in [0.1, 0.15) is 17.4 Å². The van der Waals surface area contributed by atoms with Gasteiger partial charge in [0, 0.05) is 0 Å². The number of fused-ring (bicyclic) bond motifs is 3. The average Bonchev–Trinajstić information content (AvgIpc) is 3.63. The smallest absolute Gasteiger partial charge is 0.756 e. The molecule has 0 saturated carbocycles. The third-order valence-electron chi connectivity index (χ3n) is 8.38. The van der Waals surface area contributed by atoms with Crippen LogP contribution in [0.15, 0.2) is 34.4 Å². The number of aliphatic hydroxyl groups excluding tert-OH is 5. The van der Waals surface area contributed by atoms with Gasteiger partial charge in [0.15, 0.2) is 29.2 Å². The summed E-state index contributed by atoms with van der Waals surface area (Å²) in [5.41, 5.74) is 5.97. The van der Waals surface area contributed by atoms with Gasteiger partial charge in [-0.2, -0.15) is 4.98 Å². The van der Waals surface area contributed by atoms with Crippen molar-refractivity contribution in [3.8, 4) is 11.5 Å². The summed E-state index contributed by atoms with van der Waals surface area (Å²) >= 11 is 0. The van der Waals surface area contributed by atoms with Crippen LogP contribution in [0, 0.1) is 13.8 Å². The first kappa shape index (κ1) is 45.6. The van der Waals surface area contributed by atoms with Crippen molar-refractivity contribution in [1.82, 2.24) is 39.0 Å². The van der Waals surface area contributed by atoms with E-state index in [1.54, 1.807) is 26.0 Å². The number of hydrogen-bond donors (Lipinski definition) is 7. The van der Waals surface area contributed by atoms with Crippen LogP contribution >= 0.6 is 15.6 Å². The van der Waals surface area contributed by atoms with Crippen molar-refractivity contribution in [3.05, 3.63) is 56.8 Å². The number of aromatic amines is 1. The molecule has 0 aliphatic carbocycles. The largest absolute Gasteiger partial charge is 1.00 e. The van der Waals surface area contributed by atoms with Gasteiger partial charge in [-0.1, -0.05) is 0 Å². The minimum absolute atomic E-state index is 0. The number of H-pyrrole nitrogens is 1. The van der Waals surface area contributed by atoms with Crippen molar-refractivity contribution >= 4 is 43.7 Å². The second-order valence-corrected chi connectivity index (χ2v) is 15.0. The quantitative estimate of drug-likeness (QED) is 0.0329. The SMILES string of the molecule is Cc1cc2nc3c(=O)[nH]c(=O)nc-3n(C[C@H](O)[C@@H](O)[C@H](O)COP(=O)([O-])OP(=O)([O-])OC[C@H]3O[C@@H](n4cnc5c(N)ncnc54)[C@H](O)[C@@H]3O)c2cc1C.[Na+].[Na+]. The number of imidazole rings is 1. The van der Waals surface area contributed by atoms with E-state index in [1.165, 1.54) is 15.5 Å². The summed E-state index contributed by atoms with van der Waals surface area (Å²) in [5.74, 6) is -0.243. The van der Waals surface area contributed by atoms with Gasteiger partial charge in [-0.3, -0.25) is 23.5 Å². The third-order valence-corrected chi connectivity index (χ3v) is 10.9. The zero-order chi connectivity index (χ0) is 38.6. The molecule has 286 valence electrons. The molecule has 0 amide bonds. The molecule has 0 spiro atoms. The number of phosphoric ester groups is 2. The Labute approximate surface area is 352 Å². The molecule has 55 heavy (non-hydrogen) atoms. The maximum atomic E-state index is 12.5. The minimum atomic E-state index is -5.85. The molecule has 9 atom stereocenters. The molecule has 1 aromatic carbocycles. The van der Waals surface area contributed by atoms with E-state index in [9.17, 15) is 54.0 Å². The summed E-state index contributed by atoms with van der Waals surface area (Å²) in [6.07, 6.45) is -10.3. The van der Waals surface area contributed by atoms with Gasteiger partial charge < -0.3 is 59.4 Å². The Morgan fingerprint density at radius 1 is 0.982 bits per heavy atom. The van der Waals surface area contributed by atoms with Gasteiger partial charge in [0.2, 0.25) is 0 Å². The number of phosphoric acid groups is 2. The van der Waals surface area contributed by atoms with E-state index >= 15 is 0 Å². The molecule has 0 bridgehead atoms. The zero-order valence-corrected chi connectivity index (χ0v) is 35.2. The second kappa shape index (κ2) is 17.8. The number of aliphatic hydroxyl groups is 5. The van der Waals surface area contributed by atoms with E-state index in [-0.39, 0.29) is 98.6 Å². The molecular formula is C27H31N9Na2O15P2. The first-order valence-corrected chi connectivity index (χ1v) is 18.3. The Bertz CT molecular complexity index is 2370. The summed E-state index contributed by atoms with van der Waals surface area (Å²) < 4.78 is 45.7. The summed E-state index contributed by atoms with van der Waals surface area (Å²) in [6.45, 7) is 0.570. The fraction of sp³-hybridized carbons (Fsp3) is 0.444. The fourth-order valence-corrected chi connectivity index (χ4v) is 7.56. The van der Waals surface area contributed by atoms with E-state index < -0.39 is 89.5 Å². The average molecular weight is 830 g/mol. The number of nitrogens with two attached hydrogens (primary N) is 1. The monoisotopic (exact) mass is 829 g/mol. The van der Waals surface area contributed by atoms with Gasteiger partial charge >= 0.3 is 64.8 Å². The van der Waals surface area contributed by atoms with Crippen molar-refractivity contribution in [2.75, 3.05) is 18.9 Å². The molecule has 3 aliphatic rings. The Morgan fingerprint density at radius 2 is 1.65 bits per heavy atom. The molecule has 1 saturated heterocycles. The molecule has 1 fully saturated rings. The molecule has 8 N–H and O–H groups in total. The van der Waals surface area contributed by atoms with Crippen LogP contribution in [0.5, 0.6) is 0 Å². The molecular weight excluding hydrogens is 798 g/mol. The molecule has 24 nitrogen and oxygen atoms in total. The summed E-state index contributed by atoms with van der Waals surface area (Å²) in [4.78, 5) is 71.1. The van der Waals surface area contributed by atoms with Gasteiger partial charge in [-0.05, 0) is 37.1 Å². The van der Waals surface area contributed by atoms with Crippen LogP contribution in [0.25, 0.3) is 33.7 Å². The van der Waals surface area contributed by atoms with E-state index in [0.717, 1.165) is 17.5 Å². The van der Waals surface area contributed by atoms with Gasteiger partial charge in [0.25, 0.3) is 21.2 Å². The van der Waals surface area contributed by atoms with Crippen LogP contribution < -0.4 is 85.9 Å². The summed E-state index contributed by atoms with van der Waals surface area (Å²) in [6, 6.07) is 3.27. The minimum Gasteiger partial charge on any atom is -0.756 e. The Balaban J connectivity index is 0.00000336. The molecule has 6 rings (SSSR count). The van der Waals surface area contributed by atoms with Crippen LogP contribution in [-0.4, -0.2) is 114 Å². The normalized spacial score (nSPS) is 22.4.